The molecule has 0 bridgehead atoms. The Hall–Kier alpha value is -2.63. The monoisotopic (exact) mass is 269 g/mol. The molecule has 0 aliphatic heterocycles. The fraction of sp³-hybridized carbons (Fsp3) is 0.214. The number of Topliss-reactive ketones (excluding diaryl/α,β-unsaturated/α-hetero) is 1. The summed E-state index contributed by atoms with van der Waals surface area (Å²) in [6.45, 7) is 0. The molecule has 0 saturated heterocycles. The minimum atomic E-state index is -0.448. The number of nitro groups is 1. The summed E-state index contributed by atoms with van der Waals surface area (Å²) in [5.74, 6) is 0.579. The topological polar surface area (TPSA) is 86.0 Å². The number of benzene rings is 1. The van der Waals surface area contributed by atoms with Gasteiger partial charge in [0, 0.05) is 30.3 Å². The minimum Gasteiger partial charge on any atom is -0.294 e. The molecule has 20 heavy (non-hydrogen) atoms. The quantitative estimate of drug-likeness (QED) is 0.617. The number of fused-ring (bicyclic) bond motifs is 1. The lowest BCUT2D eigenvalue weighted by Crippen LogP contribution is -2.13. The van der Waals surface area contributed by atoms with Gasteiger partial charge in [-0.2, -0.15) is 0 Å². The highest BCUT2D eigenvalue weighted by Gasteiger charge is 2.19. The first kappa shape index (κ1) is 12.4. The van der Waals surface area contributed by atoms with Gasteiger partial charge in [-0.3, -0.25) is 14.9 Å². The Bertz CT molecular complexity index is 695. The maximum Gasteiger partial charge on any atom is 0.269 e. The van der Waals surface area contributed by atoms with Crippen LogP contribution >= 0.6 is 0 Å². The van der Waals surface area contributed by atoms with E-state index in [2.05, 4.69) is 9.97 Å². The molecular formula is C14H11N3O3. The zero-order chi connectivity index (χ0) is 14.1. The SMILES string of the molecule is O=C1CCCc2nc(-c3ccc([N+](=O)[O-])cc3)ncc21. The van der Waals surface area contributed by atoms with Gasteiger partial charge in [-0.1, -0.05) is 0 Å². The molecule has 0 amide bonds. The van der Waals surface area contributed by atoms with Gasteiger partial charge in [-0.15, -0.1) is 0 Å². The molecule has 6 heteroatoms. The van der Waals surface area contributed by atoms with Crippen molar-refractivity contribution < 1.29 is 9.72 Å². The summed E-state index contributed by atoms with van der Waals surface area (Å²) in [6.07, 6.45) is 3.68. The van der Waals surface area contributed by atoms with E-state index in [1.54, 1.807) is 18.3 Å². The van der Waals surface area contributed by atoms with Crippen LogP contribution in [0.5, 0.6) is 0 Å². The van der Waals surface area contributed by atoms with Gasteiger partial charge in [0.05, 0.1) is 16.2 Å². The molecule has 0 saturated carbocycles. The van der Waals surface area contributed by atoms with Gasteiger partial charge in [-0.25, -0.2) is 9.97 Å². The standard InChI is InChI=1S/C14H11N3O3/c18-13-3-1-2-12-11(13)8-15-14(16-12)9-4-6-10(7-5-9)17(19)20/h4-8H,1-3H2. The number of carbonyl (C=O) groups is 1. The summed E-state index contributed by atoms with van der Waals surface area (Å²) in [7, 11) is 0. The highest BCUT2D eigenvalue weighted by molar-refractivity contribution is 5.97. The summed E-state index contributed by atoms with van der Waals surface area (Å²) in [5, 5.41) is 10.6. The Morgan fingerprint density at radius 1 is 1.15 bits per heavy atom. The summed E-state index contributed by atoms with van der Waals surface area (Å²) in [6, 6.07) is 6.07. The first-order valence-electron chi connectivity index (χ1n) is 6.29. The Morgan fingerprint density at radius 2 is 1.90 bits per heavy atom. The van der Waals surface area contributed by atoms with Crippen LogP contribution in [0, 0.1) is 10.1 Å². The van der Waals surface area contributed by atoms with E-state index in [1.165, 1.54) is 12.1 Å². The maximum absolute atomic E-state index is 11.7. The highest BCUT2D eigenvalue weighted by Crippen LogP contribution is 2.23. The van der Waals surface area contributed by atoms with E-state index in [-0.39, 0.29) is 11.5 Å². The molecule has 0 unspecified atom stereocenters. The zero-order valence-corrected chi connectivity index (χ0v) is 10.6. The van der Waals surface area contributed by atoms with Crippen LogP contribution in [0.2, 0.25) is 0 Å². The second-order valence-electron chi connectivity index (χ2n) is 4.63. The smallest absolute Gasteiger partial charge is 0.269 e. The van der Waals surface area contributed by atoms with Crippen molar-refractivity contribution >= 4 is 11.5 Å². The van der Waals surface area contributed by atoms with Gasteiger partial charge in [0.2, 0.25) is 0 Å². The van der Waals surface area contributed by atoms with Crippen molar-refractivity contribution in [1.82, 2.24) is 9.97 Å². The number of aromatic nitrogens is 2. The van der Waals surface area contributed by atoms with Crippen molar-refractivity contribution in [2.75, 3.05) is 0 Å². The van der Waals surface area contributed by atoms with Crippen molar-refractivity contribution in [2.24, 2.45) is 0 Å². The van der Waals surface area contributed by atoms with E-state index in [1.807, 2.05) is 0 Å². The third-order valence-corrected chi connectivity index (χ3v) is 3.32. The predicted molar refractivity (Wildman–Crippen MR) is 71.4 cm³/mol. The number of hydrogen-bond donors (Lipinski definition) is 0. The average Bonchev–Trinajstić information content (AvgIpc) is 2.47. The van der Waals surface area contributed by atoms with Crippen LogP contribution in [-0.4, -0.2) is 20.7 Å². The molecule has 0 atom stereocenters. The normalized spacial score (nSPS) is 13.9. The number of carbonyl (C=O) groups excluding carboxylic acids is 1. The lowest BCUT2D eigenvalue weighted by atomic mass is 9.96. The van der Waals surface area contributed by atoms with Gasteiger partial charge in [-0.05, 0) is 25.0 Å². The third kappa shape index (κ3) is 2.16. The fourth-order valence-corrected chi connectivity index (χ4v) is 2.26. The largest absolute Gasteiger partial charge is 0.294 e. The van der Waals surface area contributed by atoms with E-state index >= 15 is 0 Å². The number of nitrogens with zero attached hydrogens (tertiary/aromatic N) is 3. The molecule has 0 N–H and O–H groups in total. The number of nitro benzene ring substituents is 1. The van der Waals surface area contributed by atoms with Gasteiger partial charge in [0.1, 0.15) is 0 Å². The number of hydrogen-bond acceptors (Lipinski definition) is 5. The lowest BCUT2D eigenvalue weighted by Gasteiger charge is -2.13. The number of rotatable bonds is 2. The molecule has 0 spiro atoms. The molecule has 1 aliphatic rings. The Labute approximate surface area is 114 Å². The van der Waals surface area contributed by atoms with Crippen molar-refractivity contribution in [2.45, 2.75) is 19.3 Å². The average molecular weight is 269 g/mol. The van der Waals surface area contributed by atoms with Crippen LogP contribution in [0.1, 0.15) is 28.9 Å². The molecule has 1 aromatic heterocycles. The lowest BCUT2D eigenvalue weighted by molar-refractivity contribution is -0.384. The number of aryl methyl sites for hydroxylation is 1. The van der Waals surface area contributed by atoms with Gasteiger partial charge >= 0.3 is 0 Å². The molecule has 1 aliphatic carbocycles. The Balaban J connectivity index is 1.98. The van der Waals surface area contributed by atoms with Crippen molar-refractivity contribution in [1.29, 1.82) is 0 Å². The molecular weight excluding hydrogens is 258 g/mol. The Kier molecular flexibility index (Phi) is 2.98. The first-order valence-corrected chi connectivity index (χ1v) is 6.29. The van der Waals surface area contributed by atoms with Crippen LogP contribution < -0.4 is 0 Å². The predicted octanol–water partition coefficient (Wildman–Crippen LogP) is 2.57. The van der Waals surface area contributed by atoms with Gasteiger partial charge in [0.15, 0.2) is 11.6 Å². The van der Waals surface area contributed by atoms with Crippen LogP contribution in [0.3, 0.4) is 0 Å². The summed E-state index contributed by atoms with van der Waals surface area (Å²) in [4.78, 5) is 30.5. The molecule has 1 aromatic carbocycles. The van der Waals surface area contributed by atoms with Crippen LogP contribution in [0.25, 0.3) is 11.4 Å². The van der Waals surface area contributed by atoms with Gasteiger partial charge < -0.3 is 0 Å². The van der Waals surface area contributed by atoms with Crippen LogP contribution in [0.15, 0.2) is 30.5 Å². The second kappa shape index (κ2) is 4.80. The number of ketones is 1. The summed E-state index contributed by atoms with van der Waals surface area (Å²) >= 11 is 0. The third-order valence-electron chi connectivity index (χ3n) is 3.32. The highest BCUT2D eigenvalue weighted by atomic mass is 16.6. The molecule has 0 radical (unpaired) electrons. The summed E-state index contributed by atoms with van der Waals surface area (Å²) < 4.78 is 0. The minimum absolute atomic E-state index is 0.0295. The zero-order valence-electron chi connectivity index (χ0n) is 10.6. The molecule has 0 fully saturated rings. The molecule has 6 nitrogen and oxygen atoms in total. The fourth-order valence-electron chi connectivity index (χ4n) is 2.26. The molecule has 100 valence electrons. The molecule has 2 aromatic rings. The van der Waals surface area contributed by atoms with E-state index in [0.29, 0.717) is 23.4 Å². The Morgan fingerprint density at radius 3 is 2.60 bits per heavy atom. The number of non-ortho nitro benzene ring substituents is 1. The van der Waals surface area contributed by atoms with Crippen molar-refractivity contribution in [3.8, 4) is 11.4 Å². The summed E-state index contributed by atoms with van der Waals surface area (Å²) in [5.41, 5.74) is 2.10. The van der Waals surface area contributed by atoms with E-state index < -0.39 is 4.92 Å². The molecule has 1 heterocycles. The maximum atomic E-state index is 11.7. The van der Waals surface area contributed by atoms with E-state index in [0.717, 1.165) is 18.5 Å². The van der Waals surface area contributed by atoms with Gasteiger partial charge in [0.25, 0.3) is 5.69 Å². The van der Waals surface area contributed by atoms with E-state index in [9.17, 15) is 14.9 Å². The van der Waals surface area contributed by atoms with Crippen molar-refractivity contribution in [3.05, 3.63) is 51.8 Å². The van der Waals surface area contributed by atoms with E-state index in [4.69, 9.17) is 0 Å². The first-order chi connectivity index (χ1) is 9.65. The van der Waals surface area contributed by atoms with Crippen LogP contribution in [-0.2, 0) is 6.42 Å². The second-order valence-corrected chi connectivity index (χ2v) is 4.63. The molecule has 3 rings (SSSR count). The van der Waals surface area contributed by atoms with Crippen molar-refractivity contribution in [3.63, 3.8) is 0 Å². The van der Waals surface area contributed by atoms with Crippen LogP contribution in [0.4, 0.5) is 5.69 Å².